The molecule has 0 bridgehead atoms. The molecule has 4 nitrogen and oxygen atoms in total. The number of ketones is 1. The van der Waals surface area contributed by atoms with Gasteiger partial charge in [0.05, 0.1) is 6.04 Å². The van der Waals surface area contributed by atoms with E-state index in [2.05, 4.69) is 15.9 Å². The van der Waals surface area contributed by atoms with Crippen LogP contribution in [0.2, 0.25) is 0 Å². The van der Waals surface area contributed by atoms with Crippen LogP contribution in [0.4, 0.5) is 0 Å². The maximum Gasteiger partial charge on any atom is 0.319 e. The van der Waals surface area contributed by atoms with Gasteiger partial charge in [-0.15, -0.1) is 0 Å². The van der Waals surface area contributed by atoms with Crippen LogP contribution in [-0.2, 0) is 19.7 Å². The van der Waals surface area contributed by atoms with Crippen molar-refractivity contribution in [2.24, 2.45) is 5.73 Å². The molecule has 2 rings (SSSR count). The van der Waals surface area contributed by atoms with Gasteiger partial charge in [-0.25, -0.2) is 0 Å². The van der Waals surface area contributed by atoms with Crippen LogP contribution in [0.25, 0.3) is 0 Å². The van der Waals surface area contributed by atoms with E-state index in [4.69, 9.17) is 10.5 Å². The molecular weight excluding hydrogens is 322 g/mol. The molecule has 5 heteroatoms. The van der Waals surface area contributed by atoms with Gasteiger partial charge in [0.15, 0.2) is 5.78 Å². The smallest absolute Gasteiger partial charge is 0.319 e. The number of esters is 1. The van der Waals surface area contributed by atoms with Crippen molar-refractivity contribution < 1.29 is 14.3 Å². The summed E-state index contributed by atoms with van der Waals surface area (Å²) in [6.07, 6.45) is 0.102. The Morgan fingerprint density at radius 2 is 1.90 bits per heavy atom. The van der Waals surface area contributed by atoms with Gasteiger partial charge >= 0.3 is 5.97 Å². The van der Waals surface area contributed by atoms with Gasteiger partial charge in [0.25, 0.3) is 0 Å². The zero-order valence-corrected chi connectivity index (χ0v) is 13.4. The second-order valence-electron chi connectivity index (χ2n) is 6.10. The average Bonchev–Trinajstić information content (AvgIpc) is 2.34. The highest BCUT2D eigenvalue weighted by molar-refractivity contribution is 9.10. The van der Waals surface area contributed by atoms with Crippen LogP contribution in [0.15, 0.2) is 28.7 Å². The SMILES string of the molecule is CC(C)(C)OC(=O)C1(c2ccc(Br)cc2)CC(=O)C1N. The summed E-state index contributed by atoms with van der Waals surface area (Å²) < 4.78 is 6.37. The number of hydrogen-bond acceptors (Lipinski definition) is 4. The van der Waals surface area contributed by atoms with Crippen LogP contribution in [0.5, 0.6) is 0 Å². The molecule has 1 fully saturated rings. The van der Waals surface area contributed by atoms with Crippen LogP contribution in [0, 0.1) is 0 Å². The summed E-state index contributed by atoms with van der Waals surface area (Å²) in [5.74, 6) is -0.543. The minimum atomic E-state index is -1.05. The van der Waals surface area contributed by atoms with Crippen molar-refractivity contribution in [1.29, 1.82) is 0 Å². The summed E-state index contributed by atoms with van der Waals surface area (Å²) in [6, 6.07) is 6.44. The van der Waals surface area contributed by atoms with Crippen molar-refractivity contribution in [3.63, 3.8) is 0 Å². The molecule has 1 aliphatic carbocycles. The third kappa shape index (κ3) is 2.52. The molecule has 1 aromatic rings. The first-order valence-corrected chi connectivity index (χ1v) is 7.24. The summed E-state index contributed by atoms with van der Waals surface area (Å²) >= 11 is 3.35. The van der Waals surface area contributed by atoms with Crippen molar-refractivity contribution >= 4 is 27.7 Å². The fourth-order valence-electron chi connectivity index (χ4n) is 2.35. The molecule has 2 atom stereocenters. The molecule has 0 saturated heterocycles. The summed E-state index contributed by atoms with van der Waals surface area (Å²) in [5.41, 5.74) is 4.99. The van der Waals surface area contributed by atoms with Crippen molar-refractivity contribution in [2.75, 3.05) is 0 Å². The van der Waals surface area contributed by atoms with Gasteiger partial charge < -0.3 is 10.5 Å². The Hall–Kier alpha value is -1.20. The first-order chi connectivity index (χ1) is 9.17. The Bertz CT molecular complexity index is 547. The highest BCUT2D eigenvalue weighted by Gasteiger charge is 2.59. The molecule has 108 valence electrons. The van der Waals surface area contributed by atoms with Crippen molar-refractivity contribution in [2.45, 2.75) is 44.2 Å². The quantitative estimate of drug-likeness (QED) is 0.839. The number of halogens is 1. The number of hydrogen-bond donors (Lipinski definition) is 1. The summed E-state index contributed by atoms with van der Waals surface area (Å²) in [6.45, 7) is 5.39. The van der Waals surface area contributed by atoms with Gasteiger partial charge in [-0.1, -0.05) is 28.1 Å². The second kappa shape index (κ2) is 4.97. The van der Waals surface area contributed by atoms with Gasteiger partial charge in [0.2, 0.25) is 0 Å². The lowest BCUT2D eigenvalue weighted by atomic mass is 9.60. The summed E-state index contributed by atoms with van der Waals surface area (Å²) in [4.78, 5) is 24.2. The van der Waals surface area contributed by atoms with E-state index in [0.29, 0.717) is 0 Å². The highest BCUT2D eigenvalue weighted by atomic mass is 79.9. The molecule has 2 N–H and O–H groups in total. The Labute approximate surface area is 126 Å². The van der Waals surface area contributed by atoms with Gasteiger partial charge in [-0.3, -0.25) is 9.59 Å². The third-order valence-corrected chi connectivity index (χ3v) is 3.98. The molecule has 0 radical (unpaired) electrons. The van der Waals surface area contributed by atoms with Crippen LogP contribution in [-0.4, -0.2) is 23.4 Å². The van der Waals surface area contributed by atoms with E-state index in [1.807, 2.05) is 12.1 Å². The predicted octanol–water partition coefficient (Wildman–Crippen LogP) is 2.33. The molecule has 0 amide bonds. The minimum absolute atomic E-state index is 0.102. The van der Waals surface area contributed by atoms with Gasteiger partial charge in [0, 0.05) is 10.9 Å². The van der Waals surface area contributed by atoms with Crippen molar-refractivity contribution in [3.8, 4) is 0 Å². The largest absolute Gasteiger partial charge is 0.459 e. The first-order valence-electron chi connectivity index (χ1n) is 6.44. The van der Waals surface area contributed by atoms with Gasteiger partial charge in [-0.05, 0) is 38.5 Å². The third-order valence-electron chi connectivity index (χ3n) is 3.45. The fraction of sp³-hybridized carbons (Fsp3) is 0.467. The molecule has 1 aromatic carbocycles. The average molecular weight is 340 g/mol. The highest BCUT2D eigenvalue weighted by Crippen LogP contribution is 2.42. The lowest BCUT2D eigenvalue weighted by Crippen LogP contribution is -2.66. The number of ether oxygens (including phenoxy) is 1. The van der Waals surface area contributed by atoms with E-state index in [1.165, 1.54) is 0 Å². The number of carbonyl (C=O) groups excluding carboxylic acids is 2. The summed E-state index contributed by atoms with van der Waals surface area (Å²) in [5, 5.41) is 0. The normalized spacial score (nSPS) is 26.1. The Kier molecular flexibility index (Phi) is 3.77. The van der Waals surface area contributed by atoms with E-state index in [-0.39, 0.29) is 12.2 Å². The molecule has 0 aromatic heterocycles. The zero-order valence-electron chi connectivity index (χ0n) is 11.8. The number of benzene rings is 1. The molecular formula is C15H18BrNO3. The molecule has 1 aliphatic rings. The standard InChI is InChI=1S/C15H18BrNO3/c1-14(2,3)20-13(19)15(8-11(18)12(15)17)9-4-6-10(16)7-5-9/h4-7,12H,8,17H2,1-3H3. The molecule has 0 heterocycles. The van der Waals surface area contributed by atoms with Crippen molar-refractivity contribution in [1.82, 2.24) is 0 Å². The first kappa shape index (κ1) is 15.2. The summed E-state index contributed by atoms with van der Waals surface area (Å²) in [7, 11) is 0. The van der Waals surface area contributed by atoms with Crippen LogP contribution in [0.3, 0.4) is 0 Å². The fourth-order valence-corrected chi connectivity index (χ4v) is 2.62. The zero-order chi connectivity index (χ0) is 15.1. The Balaban J connectivity index is 2.40. The van der Waals surface area contributed by atoms with E-state index in [0.717, 1.165) is 10.0 Å². The maximum atomic E-state index is 12.5. The maximum absolute atomic E-state index is 12.5. The molecule has 0 aliphatic heterocycles. The van der Waals surface area contributed by atoms with E-state index >= 15 is 0 Å². The molecule has 1 saturated carbocycles. The second-order valence-corrected chi connectivity index (χ2v) is 7.02. The Morgan fingerprint density at radius 1 is 1.35 bits per heavy atom. The van der Waals surface area contributed by atoms with Crippen molar-refractivity contribution in [3.05, 3.63) is 34.3 Å². The van der Waals surface area contributed by atoms with Crippen LogP contribution < -0.4 is 5.73 Å². The Morgan fingerprint density at radius 3 is 2.30 bits per heavy atom. The number of rotatable bonds is 2. The van der Waals surface area contributed by atoms with E-state index in [9.17, 15) is 9.59 Å². The monoisotopic (exact) mass is 339 g/mol. The van der Waals surface area contributed by atoms with Crippen LogP contribution in [0.1, 0.15) is 32.8 Å². The topological polar surface area (TPSA) is 69.4 Å². The lowest BCUT2D eigenvalue weighted by molar-refractivity contribution is -0.170. The molecule has 2 unspecified atom stereocenters. The molecule has 20 heavy (non-hydrogen) atoms. The minimum Gasteiger partial charge on any atom is -0.459 e. The van der Waals surface area contributed by atoms with Gasteiger partial charge in [-0.2, -0.15) is 0 Å². The van der Waals surface area contributed by atoms with Crippen LogP contribution >= 0.6 is 15.9 Å². The number of nitrogens with two attached hydrogens (primary N) is 1. The number of Topliss-reactive ketones (excluding diaryl/α,β-unsaturated/α-hetero) is 1. The van der Waals surface area contributed by atoms with E-state index < -0.39 is 23.0 Å². The van der Waals surface area contributed by atoms with E-state index in [1.54, 1.807) is 32.9 Å². The number of carbonyl (C=O) groups is 2. The predicted molar refractivity (Wildman–Crippen MR) is 79.3 cm³/mol. The van der Waals surface area contributed by atoms with Gasteiger partial charge in [0.1, 0.15) is 11.0 Å². The molecule has 0 spiro atoms. The lowest BCUT2D eigenvalue weighted by Gasteiger charge is -2.45.